The molecule has 1 aromatic carbocycles. The SMILES string of the molecule is COc1cc(-c2nnc3n2CCOC3)ccc1OCCC(C)C. The summed E-state index contributed by atoms with van der Waals surface area (Å²) in [5.41, 5.74) is 0.971. The van der Waals surface area contributed by atoms with Crippen molar-refractivity contribution in [3.05, 3.63) is 24.0 Å². The van der Waals surface area contributed by atoms with E-state index in [0.29, 0.717) is 25.7 Å². The second kappa shape index (κ2) is 7.00. The Morgan fingerprint density at radius 2 is 2.13 bits per heavy atom. The van der Waals surface area contributed by atoms with Crippen LogP contribution in [-0.4, -0.2) is 35.1 Å². The van der Waals surface area contributed by atoms with Crippen molar-refractivity contribution in [3.63, 3.8) is 0 Å². The van der Waals surface area contributed by atoms with Crippen LogP contribution in [0.25, 0.3) is 11.4 Å². The van der Waals surface area contributed by atoms with E-state index in [1.165, 1.54) is 0 Å². The molecule has 0 atom stereocenters. The van der Waals surface area contributed by atoms with Crippen molar-refractivity contribution in [2.75, 3.05) is 20.3 Å². The molecule has 0 fully saturated rings. The third kappa shape index (κ3) is 3.47. The van der Waals surface area contributed by atoms with E-state index < -0.39 is 0 Å². The normalized spacial score (nSPS) is 13.9. The molecule has 3 rings (SSSR count). The van der Waals surface area contributed by atoms with Gasteiger partial charge in [0, 0.05) is 12.1 Å². The lowest BCUT2D eigenvalue weighted by atomic mass is 10.1. The lowest BCUT2D eigenvalue weighted by molar-refractivity contribution is 0.0821. The Labute approximate surface area is 136 Å². The average molecular weight is 317 g/mol. The lowest BCUT2D eigenvalue weighted by Gasteiger charge is -2.16. The zero-order chi connectivity index (χ0) is 16.2. The topological polar surface area (TPSA) is 58.4 Å². The molecule has 6 nitrogen and oxygen atoms in total. The molecule has 1 aliphatic rings. The molecule has 0 N–H and O–H groups in total. The Kier molecular flexibility index (Phi) is 4.81. The van der Waals surface area contributed by atoms with Crippen LogP contribution in [0.2, 0.25) is 0 Å². The number of benzene rings is 1. The van der Waals surface area contributed by atoms with Gasteiger partial charge in [0.1, 0.15) is 6.61 Å². The maximum absolute atomic E-state index is 5.84. The number of rotatable bonds is 6. The highest BCUT2D eigenvalue weighted by Gasteiger charge is 2.18. The smallest absolute Gasteiger partial charge is 0.164 e. The van der Waals surface area contributed by atoms with Gasteiger partial charge in [-0.25, -0.2) is 0 Å². The van der Waals surface area contributed by atoms with Crippen LogP contribution in [0, 0.1) is 5.92 Å². The van der Waals surface area contributed by atoms with Gasteiger partial charge in [-0.1, -0.05) is 13.8 Å². The van der Waals surface area contributed by atoms with Crippen LogP contribution in [0.1, 0.15) is 26.1 Å². The Morgan fingerprint density at radius 3 is 2.91 bits per heavy atom. The van der Waals surface area contributed by atoms with Gasteiger partial charge in [0.25, 0.3) is 0 Å². The third-order valence-corrected chi connectivity index (χ3v) is 3.89. The fourth-order valence-electron chi connectivity index (χ4n) is 2.54. The van der Waals surface area contributed by atoms with E-state index in [1.54, 1.807) is 7.11 Å². The lowest BCUT2D eigenvalue weighted by Crippen LogP contribution is -2.17. The molecule has 0 saturated heterocycles. The highest BCUT2D eigenvalue weighted by molar-refractivity contribution is 5.61. The minimum atomic E-state index is 0.514. The summed E-state index contributed by atoms with van der Waals surface area (Å²) in [6.07, 6.45) is 1.02. The number of aromatic nitrogens is 3. The highest BCUT2D eigenvalue weighted by atomic mass is 16.5. The first-order valence-electron chi connectivity index (χ1n) is 8.00. The summed E-state index contributed by atoms with van der Waals surface area (Å²) in [6.45, 7) is 7.02. The second-order valence-corrected chi connectivity index (χ2v) is 6.04. The van der Waals surface area contributed by atoms with Crippen LogP contribution in [0.5, 0.6) is 11.5 Å². The zero-order valence-corrected chi connectivity index (χ0v) is 13.9. The van der Waals surface area contributed by atoms with E-state index in [1.807, 2.05) is 18.2 Å². The van der Waals surface area contributed by atoms with E-state index in [0.717, 1.165) is 41.7 Å². The number of nitrogens with zero attached hydrogens (tertiary/aromatic N) is 3. The second-order valence-electron chi connectivity index (χ2n) is 6.04. The number of methoxy groups -OCH3 is 1. The van der Waals surface area contributed by atoms with Crippen LogP contribution in [0.3, 0.4) is 0 Å². The molecule has 0 unspecified atom stereocenters. The van der Waals surface area contributed by atoms with Crippen molar-refractivity contribution in [1.82, 2.24) is 14.8 Å². The molecule has 0 spiro atoms. The molecule has 2 aromatic rings. The van der Waals surface area contributed by atoms with Gasteiger partial charge >= 0.3 is 0 Å². The van der Waals surface area contributed by atoms with Gasteiger partial charge in [-0.05, 0) is 30.5 Å². The predicted octanol–water partition coefficient (Wildman–Crippen LogP) is 2.91. The standard InChI is InChI=1S/C17H23N3O3/c1-12(2)6-8-23-14-5-4-13(10-15(14)21-3)17-19-18-16-11-22-9-7-20(16)17/h4-5,10,12H,6-9,11H2,1-3H3. The molecule has 1 aromatic heterocycles. The molecule has 0 saturated carbocycles. The Morgan fingerprint density at radius 1 is 1.26 bits per heavy atom. The fourth-order valence-corrected chi connectivity index (χ4v) is 2.54. The predicted molar refractivity (Wildman–Crippen MR) is 86.6 cm³/mol. The molecule has 0 aliphatic carbocycles. The molecular weight excluding hydrogens is 294 g/mol. The Balaban J connectivity index is 1.83. The van der Waals surface area contributed by atoms with Crippen LogP contribution >= 0.6 is 0 Å². The van der Waals surface area contributed by atoms with Gasteiger partial charge in [-0.15, -0.1) is 10.2 Å². The van der Waals surface area contributed by atoms with Crippen molar-refractivity contribution in [1.29, 1.82) is 0 Å². The van der Waals surface area contributed by atoms with Crippen molar-refractivity contribution < 1.29 is 14.2 Å². The van der Waals surface area contributed by atoms with Gasteiger partial charge < -0.3 is 18.8 Å². The van der Waals surface area contributed by atoms with Gasteiger partial charge in [0.05, 0.1) is 20.3 Å². The monoisotopic (exact) mass is 317 g/mol. The molecule has 1 aliphatic heterocycles. The van der Waals surface area contributed by atoms with E-state index in [-0.39, 0.29) is 0 Å². The highest BCUT2D eigenvalue weighted by Crippen LogP contribution is 2.32. The summed E-state index contributed by atoms with van der Waals surface area (Å²) in [7, 11) is 1.65. The first kappa shape index (κ1) is 15.8. The quantitative estimate of drug-likeness (QED) is 0.820. The van der Waals surface area contributed by atoms with E-state index in [4.69, 9.17) is 14.2 Å². The zero-order valence-electron chi connectivity index (χ0n) is 13.9. The van der Waals surface area contributed by atoms with Gasteiger partial charge in [0.15, 0.2) is 23.1 Å². The van der Waals surface area contributed by atoms with E-state index >= 15 is 0 Å². The van der Waals surface area contributed by atoms with Crippen LogP contribution in [0.4, 0.5) is 0 Å². The summed E-state index contributed by atoms with van der Waals surface area (Å²) in [5.74, 6) is 3.80. The van der Waals surface area contributed by atoms with E-state index in [2.05, 4.69) is 28.6 Å². The molecule has 6 heteroatoms. The fraction of sp³-hybridized carbons (Fsp3) is 0.529. The Bertz CT molecular complexity index is 667. The molecule has 0 amide bonds. The van der Waals surface area contributed by atoms with Crippen molar-refractivity contribution in [2.45, 2.75) is 33.4 Å². The largest absolute Gasteiger partial charge is 0.493 e. The maximum atomic E-state index is 5.84. The number of hydrogen-bond donors (Lipinski definition) is 0. The summed E-state index contributed by atoms with van der Waals surface area (Å²) in [4.78, 5) is 0. The summed E-state index contributed by atoms with van der Waals surface area (Å²) < 4.78 is 18.8. The minimum absolute atomic E-state index is 0.514. The van der Waals surface area contributed by atoms with Crippen molar-refractivity contribution in [3.8, 4) is 22.9 Å². The van der Waals surface area contributed by atoms with E-state index in [9.17, 15) is 0 Å². The van der Waals surface area contributed by atoms with Crippen LogP contribution < -0.4 is 9.47 Å². The summed E-state index contributed by atoms with van der Waals surface area (Å²) in [5, 5.41) is 8.49. The average Bonchev–Trinajstić information content (AvgIpc) is 2.99. The number of ether oxygens (including phenoxy) is 3. The van der Waals surface area contributed by atoms with Gasteiger partial charge in [-0.2, -0.15) is 0 Å². The van der Waals surface area contributed by atoms with Crippen LogP contribution in [-0.2, 0) is 17.9 Å². The molecule has 2 heterocycles. The first-order valence-corrected chi connectivity index (χ1v) is 8.00. The molecule has 124 valence electrons. The molecular formula is C17H23N3O3. The summed E-state index contributed by atoms with van der Waals surface area (Å²) >= 11 is 0. The number of hydrogen-bond acceptors (Lipinski definition) is 5. The summed E-state index contributed by atoms with van der Waals surface area (Å²) in [6, 6.07) is 5.90. The van der Waals surface area contributed by atoms with Crippen molar-refractivity contribution in [2.24, 2.45) is 5.92 Å². The Hall–Kier alpha value is -2.08. The minimum Gasteiger partial charge on any atom is -0.493 e. The van der Waals surface area contributed by atoms with Gasteiger partial charge in [-0.3, -0.25) is 0 Å². The van der Waals surface area contributed by atoms with Crippen LogP contribution in [0.15, 0.2) is 18.2 Å². The third-order valence-electron chi connectivity index (χ3n) is 3.89. The molecule has 0 radical (unpaired) electrons. The first-order chi connectivity index (χ1) is 11.2. The molecule has 23 heavy (non-hydrogen) atoms. The number of fused-ring (bicyclic) bond motifs is 1. The molecule has 0 bridgehead atoms. The van der Waals surface area contributed by atoms with Gasteiger partial charge in [0.2, 0.25) is 0 Å². The maximum Gasteiger partial charge on any atom is 0.164 e. The van der Waals surface area contributed by atoms with Crippen molar-refractivity contribution >= 4 is 0 Å².